The highest BCUT2D eigenvalue weighted by molar-refractivity contribution is 5.14. The molecule has 15 heavy (non-hydrogen) atoms. The van der Waals surface area contributed by atoms with Crippen molar-refractivity contribution in [1.29, 1.82) is 0 Å². The molecule has 0 radical (unpaired) electrons. The molecule has 0 fully saturated rings. The van der Waals surface area contributed by atoms with Gasteiger partial charge in [-0.15, -0.1) is 0 Å². The third kappa shape index (κ3) is 3.32. The van der Waals surface area contributed by atoms with Crippen LogP contribution in [0, 0.1) is 10.8 Å². The Morgan fingerprint density at radius 1 is 1.13 bits per heavy atom. The lowest BCUT2D eigenvalue weighted by molar-refractivity contribution is 0.103. The van der Waals surface area contributed by atoms with Crippen molar-refractivity contribution in [3.05, 3.63) is 12.2 Å². The summed E-state index contributed by atoms with van der Waals surface area (Å²) in [7, 11) is 0. The molecular formula is C13H28N2. The topological polar surface area (TPSA) is 52.0 Å². The lowest BCUT2D eigenvalue weighted by atomic mass is 9.59. The molecule has 0 aromatic rings. The minimum Gasteiger partial charge on any atom is -0.330 e. The Kier molecular flexibility index (Phi) is 4.17. The van der Waals surface area contributed by atoms with Gasteiger partial charge in [0, 0.05) is 5.54 Å². The van der Waals surface area contributed by atoms with E-state index in [2.05, 4.69) is 48.1 Å². The first-order chi connectivity index (χ1) is 6.46. The Morgan fingerprint density at radius 3 is 1.73 bits per heavy atom. The van der Waals surface area contributed by atoms with Crippen LogP contribution in [0.3, 0.4) is 0 Å². The number of hydrogen-bond donors (Lipinski definition) is 2. The van der Waals surface area contributed by atoms with Gasteiger partial charge in [-0.25, -0.2) is 0 Å². The lowest BCUT2D eigenvalue weighted by Crippen LogP contribution is -2.48. The van der Waals surface area contributed by atoms with E-state index in [1.54, 1.807) is 0 Å². The zero-order valence-corrected chi connectivity index (χ0v) is 11.3. The monoisotopic (exact) mass is 212 g/mol. The quantitative estimate of drug-likeness (QED) is 0.688. The molecule has 0 saturated heterocycles. The Morgan fingerprint density at radius 2 is 1.53 bits per heavy atom. The smallest absolute Gasteiger partial charge is 0.0105 e. The molecule has 0 aliphatic rings. The van der Waals surface area contributed by atoms with Crippen molar-refractivity contribution in [3.8, 4) is 0 Å². The summed E-state index contributed by atoms with van der Waals surface area (Å²) < 4.78 is 0. The van der Waals surface area contributed by atoms with Gasteiger partial charge in [0.1, 0.15) is 0 Å². The molecular weight excluding hydrogens is 184 g/mol. The molecule has 1 unspecified atom stereocenters. The van der Waals surface area contributed by atoms with Crippen LogP contribution in [0.1, 0.15) is 48.0 Å². The third-order valence-corrected chi connectivity index (χ3v) is 3.76. The fourth-order valence-electron chi connectivity index (χ4n) is 2.10. The largest absolute Gasteiger partial charge is 0.330 e. The third-order valence-electron chi connectivity index (χ3n) is 3.76. The van der Waals surface area contributed by atoms with Crippen LogP contribution in [0.5, 0.6) is 0 Å². The zero-order chi connectivity index (χ0) is 12.5. The average Bonchev–Trinajstić information content (AvgIpc) is 2.00. The van der Waals surface area contributed by atoms with E-state index in [-0.39, 0.29) is 16.4 Å². The Hall–Kier alpha value is -0.340. The highest BCUT2D eigenvalue weighted by atomic mass is 14.7. The van der Waals surface area contributed by atoms with Crippen LogP contribution in [-0.4, -0.2) is 12.1 Å². The van der Waals surface area contributed by atoms with Gasteiger partial charge in [0.25, 0.3) is 0 Å². The molecule has 0 aliphatic heterocycles. The minimum atomic E-state index is -0.194. The van der Waals surface area contributed by atoms with Crippen molar-refractivity contribution in [2.24, 2.45) is 22.3 Å². The molecule has 0 spiro atoms. The fraction of sp³-hybridized carbons (Fsp3) is 0.846. The Balaban J connectivity index is 5.18. The summed E-state index contributed by atoms with van der Waals surface area (Å²) in [6.07, 6.45) is 0.902. The number of rotatable bonds is 5. The van der Waals surface area contributed by atoms with E-state index in [4.69, 9.17) is 11.5 Å². The second-order valence-electron chi connectivity index (χ2n) is 6.37. The molecule has 0 aliphatic carbocycles. The lowest BCUT2D eigenvalue weighted by Gasteiger charge is -2.47. The molecule has 90 valence electrons. The molecule has 0 rings (SSSR count). The van der Waals surface area contributed by atoms with Gasteiger partial charge in [-0.05, 0) is 44.6 Å². The highest BCUT2D eigenvalue weighted by Crippen LogP contribution is 2.48. The maximum Gasteiger partial charge on any atom is 0.0105 e. The molecule has 0 aromatic carbocycles. The molecule has 0 aromatic heterocycles. The van der Waals surface area contributed by atoms with Crippen LogP contribution in [0.15, 0.2) is 12.2 Å². The summed E-state index contributed by atoms with van der Waals surface area (Å²) in [6.45, 7) is 17.5. The first-order valence-electron chi connectivity index (χ1n) is 5.61. The van der Waals surface area contributed by atoms with Crippen molar-refractivity contribution in [3.63, 3.8) is 0 Å². The second-order valence-corrected chi connectivity index (χ2v) is 6.37. The van der Waals surface area contributed by atoms with E-state index in [1.807, 2.05) is 0 Å². The van der Waals surface area contributed by atoms with E-state index in [0.717, 1.165) is 12.0 Å². The van der Waals surface area contributed by atoms with E-state index in [1.165, 1.54) is 0 Å². The summed E-state index contributed by atoms with van der Waals surface area (Å²) in [5.41, 5.74) is 13.0. The fourth-order valence-corrected chi connectivity index (χ4v) is 2.10. The van der Waals surface area contributed by atoms with Gasteiger partial charge in [0.05, 0.1) is 0 Å². The van der Waals surface area contributed by atoms with E-state index in [0.29, 0.717) is 6.54 Å². The van der Waals surface area contributed by atoms with Crippen LogP contribution >= 0.6 is 0 Å². The predicted molar refractivity (Wildman–Crippen MR) is 68.6 cm³/mol. The molecule has 0 bridgehead atoms. The Bertz CT molecular complexity index is 235. The van der Waals surface area contributed by atoms with Gasteiger partial charge in [-0.2, -0.15) is 0 Å². The first kappa shape index (κ1) is 14.7. The molecule has 0 heterocycles. The minimum absolute atomic E-state index is 0.0139. The summed E-state index contributed by atoms with van der Waals surface area (Å²) in [4.78, 5) is 0. The predicted octanol–water partition coefficient (Wildman–Crippen LogP) is 2.68. The Labute approximate surface area is 95.1 Å². The highest BCUT2D eigenvalue weighted by Gasteiger charge is 2.43. The summed E-state index contributed by atoms with van der Waals surface area (Å²) in [5.74, 6) is 0. The normalized spacial score (nSPS) is 17.3. The van der Waals surface area contributed by atoms with Crippen molar-refractivity contribution >= 4 is 0 Å². The van der Waals surface area contributed by atoms with E-state index >= 15 is 0 Å². The van der Waals surface area contributed by atoms with Gasteiger partial charge < -0.3 is 11.5 Å². The van der Waals surface area contributed by atoms with Crippen molar-refractivity contribution in [1.82, 2.24) is 0 Å². The van der Waals surface area contributed by atoms with Gasteiger partial charge >= 0.3 is 0 Å². The number of allylic oxidation sites excluding steroid dienone is 1. The molecule has 1 atom stereocenters. The maximum absolute atomic E-state index is 6.13. The van der Waals surface area contributed by atoms with Gasteiger partial charge in [0.2, 0.25) is 0 Å². The van der Waals surface area contributed by atoms with Crippen molar-refractivity contribution < 1.29 is 0 Å². The van der Waals surface area contributed by atoms with Gasteiger partial charge in [-0.3, -0.25) is 0 Å². The van der Waals surface area contributed by atoms with Crippen LogP contribution < -0.4 is 11.5 Å². The van der Waals surface area contributed by atoms with Crippen molar-refractivity contribution in [2.45, 2.75) is 53.5 Å². The van der Waals surface area contributed by atoms with E-state index in [9.17, 15) is 0 Å². The molecule has 4 N–H and O–H groups in total. The van der Waals surface area contributed by atoms with Crippen LogP contribution in [0.2, 0.25) is 0 Å². The van der Waals surface area contributed by atoms with Crippen LogP contribution in [-0.2, 0) is 0 Å². The SMILES string of the molecule is C=C(C)C(C)(CC(C)(C)N)C(C)(C)CN. The molecule has 0 amide bonds. The summed E-state index contributed by atoms with van der Waals surface area (Å²) in [5, 5.41) is 0. The van der Waals surface area contributed by atoms with Crippen LogP contribution in [0.4, 0.5) is 0 Å². The zero-order valence-electron chi connectivity index (χ0n) is 11.3. The molecule has 2 nitrogen and oxygen atoms in total. The standard InChI is InChI=1S/C13H28N2/c1-10(2)13(7,8-12(5,6)15)11(3,4)9-14/h1,8-9,14-15H2,2-7H3. The van der Waals surface area contributed by atoms with Crippen LogP contribution in [0.25, 0.3) is 0 Å². The average molecular weight is 212 g/mol. The molecule has 0 saturated carbocycles. The summed E-state index contributed by atoms with van der Waals surface area (Å²) in [6, 6.07) is 0. The summed E-state index contributed by atoms with van der Waals surface area (Å²) >= 11 is 0. The van der Waals surface area contributed by atoms with E-state index < -0.39 is 0 Å². The van der Waals surface area contributed by atoms with Crippen molar-refractivity contribution in [2.75, 3.05) is 6.54 Å². The first-order valence-corrected chi connectivity index (χ1v) is 5.61. The number of hydrogen-bond acceptors (Lipinski definition) is 2. The number of nitrogens with two attached hydrogens (primary N) is 2. The maximum atomic E-state index is 6.13. The van der Waals surface area contributed by atoms with Gasteiger partial charge in [-0.1, -0.05) is 32.9 Å². The molecule has 2 heteroatoms. The second kappa shape index (κ2) is 4.26. The van der Waals surface area contributed by atoms with Gasteiger partial charge in [0.15, 0.2) is 0 Å².